The number of hydrogen-bond donors (Lipinski definition) is 0. The lowest BCUT2D eigenvalue weighted by atomic mass is 9.98. The average Bonchev–Trinajstić information content (AvgIpc) is 3.14. The summed E-state index contributed by atoms with van der Waals surface area (Å²) in [5, 5.41) is 3.66. The molecule has 3 aromatic carbocycles. The van der Waals surface area contributed by atoms with Crippen molar-refractivity contribution >= 4 is 23.4 Å². The highest BCUT2D eigenvalue weighted by Crippen LogP contribution is 2.44. The maximum absolute atomic E-state index is 13.0. The van der Waals surface area contributed by atoms with Crippen LogP contribution >= 0.6 is 0 Å². The molecule has 0 radical (unpaired) electrons. The molecule has 1 amide bonds. The van der Waals surface area contributed by atoms with Crippen LogP contribution in [0.2, 0.25) is 0 Å². The van der Waals surface area contributed by atoms with Crippen LogP contribution in [0.5, 0.6) is 0 Å². The number of azide groups is 1. The van der Waals surface area contributed by atoms with Gasteiger partial charge in [0, 0.05) is 29.3 Å². The topological polar surface area (TPSA) is 105 Å². The maximum Gasteiger partial charge on any atom is 0.414 e. The molecular formula is C28H28N4O4. The molecule has 0 aromatic heterocycles. The Labute approximate surface area is 210 Å². The molecule has 184 valence electrons. The number of hydrogen-bond acceptors (Lipinski definition) is 5. The van der Waals surface area contributed by atoms with Gasteiger partial charge < -0.3 is 9.47 Å². The summed E-state index contributed by atoms with van der Waals surface area (Å²) in [6.45, 7) is 5.55. The number of anilines is 1. The highest BCUT2D eigenvalue weighted by Gasteiger charge is 2.29. The second kappa shape index (κ2) is 10.1. The first-order chi connectivity index (χ1) is 17.2. The SMILES string of the molecule is CN(C(=O)OCC1c2ccccc2-c2ccccc21)c1cc(CC(=O)OC(C)(C)C)cc(N=[N+]=[N-])c1. The lowest BCUT2D eigenvalue weighted by Gasteiger charge is -2.21. The predicted molar refractivity (Wildman–Crippen MR) is 138 cm³/mol. The highest BCUT2D eigenvalue weighted by molar-refractivity contribution is 5.88. The molecule has 0 saturated carbocycles. The van der Waals surface area contributed by atoms with E-state index in [1.807, 2.05) is 24.3 Å². The lowest BCUT2D eigenvalue weighted by molar-refractivity contribution is -0.153. The molecule has 0 spiro atoms. The van der Waals surface area contributed by atoms with Crippen LogP contribution in [0.1, 0.15) is 43.4 Å². The van der Waals surface area contributed by atoms with Crippen molar-refractivity contribution in [3.63, 3.8) is 0 Å². The number of fused-ring (bicyclic) bond motifs is 3. The van der Waals surface area contributed by atoms with Crippen molar-refractivity contribution in [3.8, 4) is 11.1 Å². The predicted octanol–water partition coefficient (Wildman–Crippen LogP) is 6.90. The Kier molecular flexibility index (Phi) is 6.99. The van der Waals surface area contributed by atoms with Crippen molar-refractivity contribution in [2.45, 2.75) is 38.7 Å². The third-order valence-corrected chi connectivity index (χ3v) is 5.89. The van der Waals surface area contributed by atoms with E-state index < -0.39 is 17.7 Å². The summed E-state index contributed by atoms with van der Waals surface area (Å²) in [6.07, 6.45) is -0.587. The summed E-state index contributed by atoms with van der Waals surface area (Å²) >= 11 is 0. The first-order valence-corrected chi connectivity index (χ1v) is 11.7. The Hall–Kier alpha value is -4.29. The van der Waals surface area contributed by atoms with Crippen LogP contribution in [0.3, 0.4) is 0 Å². The molecule has 0 fully saturated rings. The number of rotatable bonds is 6. The molecule has 0 saturated heterocycles. The Morgan fingerprint density at radius 3 is 2.19 bits per heavy atom. The first-order valence-electron chi connectivity index (χ1n) is 11.7. The van der Waals surface area contributed by atoms with Gasteiger partial charge in [0.1, 0.15) is 12.2 Å². The molecule has 4 rings (SSSR count). The van der Waals surface area contributed by atoms with Gasteiger partial charge in [-0.25, -0.2) is 4.79 Å². The van der Waals surface area contributed by atoms with Gasteiger partial charge in [-0.3, -0.25) is 9.69 Å². The van der Waals surface area contributed by atoms with Gasteiger partial charge in [-0.05, 0) is 72.3 Å². The van der Waals surface area contributed by atoms with Crippen LogP contribution < -0.4 is 4.90 Å². The third kappa shape index (κ3) is 5.50. The van der Waals surface area contributed by atoms with E-state index in [9.17, 15) is 9.59 Å². The normalized spacial score (nSPS) is 12.2. The first kappa shape index (κ1) is 24.8. The quantitative estimate of drug-likeness (QED) is 0.164. The minimum Gasteiger partial charge on any atom is -0.460 e. The molecule has 1 aliphatic carbocycles. The zero-order valence-corrected chi connectivity index (χ0v) is 20.8. The zero-order chi connectivity index (χ0) is 25.9. The molecule has 3 aromatic rings. The van der Waals surface area contributed by atoms with E-state index in [1.54, 1.807) is 46.0 Å². The van der Waals surface area contributed by atoms with E-state index in [0.29, 0.717) is 11.3 Å². The number of carbonyl (C=O) groups excluding carboxylic acids is 2. The van der Waals surface area contributed by atoms with Gasteiger partial charge in [0.2, 0.25) is 0 Å². The van der Waals surface area contributed by atoms with E-state index in [4.69, 9.17) is 15.0 Å². The summed E-state index contributed by atoms with van der Waals surface area (Å²) in [7, 11) is 1.57. The van der Waals surface area contributed by atoms with Gasteiger partial charge in [-0.1, -0.05) is 53.6 Å². The van der Waals surface area contributed by atoms with Crippen molar-refractivity contribution in [2.75, 3.05) is 18.6 Å². The monoisotopic (exact) mass is 484 g/mol. The van der Waals surface area contributed by atoms with E-state index in [1.165, 1.54) is 4.90 Å². The van der Waals surface area contributed by atoms with Crippen LogP contribution in [0.25, 0.3) is 21.6 Å². The number of benzene rings is 3. The van der Waals surface area contributed by atoms with Gasteiger partial charge in [-0.2, -0.15) is 0 Å². The Morgan fingerprint density at radius 2 is 1.61 bits per heavy atom. The molecule has 0 heterocycles. The largest absolute Gasteiger partial charge is 0.460 e. The number of nitrogens with zero attached hydrogens (tertiary/aromatic N) is 4. The number of ether oxygens (including phenoxy) is 2. The minimum absolute atomic E-state index is 0.0302. The van der Waals surface area contributed by atoms with Crippen molar-refractivity contribution < 1.29 is 19.1 Å². The molecule has 0 N–H and O–H groups in total. The van der Waals surface area contributed by atoms with E-state index in [-0.39, 0.29) is 24.6 Å². The third-order valence-electron chi connectivity index (χ3n) is 5.89. The second-order valence-corrected chi connectivity index (χ2v) is 9.67. The van der Waals surface area contributed by atoms with E-state index in [2.05, 4.69) is 34.3 Å². The lowest BCUT2D eigenvalue weighted by Crippen LogP contribution is -2.29. The molecule has 1 aliphatic rings. The van der Waals surface area contributed by atoms with Crippen molar-refractivity contribution in [3.05, 3.63) is 93.9 Å². The summed E-state index contributed by atoms with van der Waals surface area (Å²) in [6, 6.07) is 21.1. The molecule has 0 atom stereocenters. The van der Waals surface area contributed by atoms with Gasteiger partial charge in [0.05, 0.1) is 6.42 Å². The molecule has 8 nitrogen and oxygen atoms in total. The molecule has 36 heavy (non-hydrogen) atoms. The smallest absolute Gasteiger partial charge is 0.414 e. The second-order valence-electron chi connectivity index (χ2n) is 9.67. The number of amides is 1. The minimum atomic E-state index is -0.625. The number of esters is 1. The van der Waals surface area contributed by atoms with E-state index in [0.717, 1.165) is 22.3 Å². The molecule has 0 unspecified atom stereocenters. The molecule has 0 aliphatic heterocycles. The zero-order valence-electron chi connectivity index (χ0n) is 20.8. The van der Waals surface area contributed by atoms with Gasteiger partial charge in [0.15, 0.2) is 0 Å². The fraction of sp³-hybridized carbons (Fsp3) is 0.286. The summed E-state index contributed by atoms with van der Waals surface area (Å²) in [5.41, 5.74) is 14.1. The van der Waals surface area contributed by atoms with Gasteiger partial charge >= 0.3 is 12.1 Å². The summed E-state index contributed by atoms with van der Waals surface area (Å²) in [5.74, 6) is -0.484. The molecular weight excluding hydrogens is 456 g/mol. The highest BCUT2D eigenvalue weighted by atomic mass is 16.6. The summed E-state index contributed by atoms with van der Waals surface area (Å²) in [4.78, 5) is 29.5. The van der Waals surface area contributed by atoms with Crippen molar-refractivity contribution in [1.29, 1.82) is 0 Å². The number of carbonyl (C=O) groups is 2. The fourth-order valence-corrected chi connectivity index (χ4v) is 4.40. The van der Waals surface area contributed by atoms with Crippen LogP contribution in [0.4, 0.5) is 16.2 Å². The van der Waals surface area contributed by atoms with Crippen molar-refractivity contribution in [2.24, 2.45) is 5.11 Å². The maximum atomic E-state index is 13.0. The average molecular weight is 485 g/mol. The molecule has 0 bridgehead atoms. The van der Waals surface area contributed by atoms with Gasteiger partial charge in [0.25, 0.3) is 0 Å². The Morgan fingerprint density at radius 1 is 1.00 bits per heavy atom. The Bertz CT molecular complexity index is 1310. The van der Waals surface area contributed by atoms with E-state index >= 15 is 0 Å². The van der Waals surface area contributed by atoms with Crippen LogP contribution in [-0.4, -0.2) is 31.3 Å². The fourth-order valence-electron chi connectivity index (χ4n) is 4.40. The van der Waals surface area contributed by atoms with Crippen LogP contribution in [0, 0.1) is 0 Å². The van der Waals surface area contributed by atoms with Crippen LogP contribution in [0.15, 0.2) is 71.8 Å². The van der Waals surface area contributed by atoms with Crippen molar-refractivity contribution in [1.82, 2.24) is 0 Å². The molecule has 8 heteroatoms. The van der Waals surface area contributed by atoms with Gasteiger partial charge in [-0.15, -0.1) is 0 Å². The Balaban J connectivity index is 1.52. The standard InChI is InChI=1S/C28H28N4O4/c1-28(2,3)36-26(33)15-18-13-19(30-31-29)16-20(14-18)32(4)27(34)35-17-25-23-11-7-5-9-21(23)22-10-6-8-12-24(22)25/h5-14,16,25H,15,17H2,1-4H3. The summed E-state index contributed by atoms with van der Waals surface area (Å²) < 4.78 is 11.1. The van der Waals surface area contributed by atoms with Crippen LogP contribution in [-0.2, 0) is 20.7 Å².